The Labute approximate surface area is 186 Å². The SMILES string of the molecule is Cc1ccc(CCC(=O)NNC(=O)c2ccc(CSc3nc(C)cc(C)n3)cc2)cc1. The van der Waals surface area contributed by atoms with Gasteiger partial charge in [0, 0.05) is 29.1 Å². The van der Waals surface area contributed by atoms with Gasteiger partial charge in [0.05, 0.1) is 0 Å². The van der Waals surface area contributed by atoms with Gasteiger partial charge in [-0.2, -0.15) is 0 Å². The van der Waals surface area contributed by atoms with E-state index in [4.69, 9.17) is 0 Å². The normalized spacial score (nSPS) is 10.5. The predicted molar refractivity (Wildman–Crippen MR) is 123 cm³/mol. The quantitative estimate of drug-likeness (QED) is 0.332. The molecule has 0 radical (unpaired) electrons. The lowest BCUT2D eigenvalue weighted by Crippen LogP contribution is -2.41. The fraction of sp³-hybridized carbons (Fsp3) is 0.250. The van der Waals surface area contributed by atoms with Gasteiger partial charge >= 0.3 is 0 Å². The van der Waals surface area contributed by atoms with Crippen molar-refractivity contribution in [3.05, 3.63) is 88.2 Å². The predicted octanol–water partition coefficient (Wildman–Crippen LogP) is 4.09. The van der Waals surface area contributed by atoms with Crippen molar-refractivity contribution in [2.24, 2.45) is 0 Å². The second-order valence-electron chi connectivity index (χ2n) is 7.41. The largest absolute Gasteiger partial charge is 0.273 e. The number of rotatable bonds is 7. The molecule has 0 saturated carbocycles. The summed E-state index contributed by atoms with van der Waals surface area (Å²) in [6, 6.07) is 17.3. The molecule has 1 heterocycles. The van der Waals surface area contributed by atoms with Crippen LogP contribution in [-0.2, 0) is 17.0 Å². The van der Waals surface area contributed by atoms with Crippen molar-refractivity contribution in [3.63, 3.8) is 0 Å². The number of hydrogen-bond donors (Lipinski definition) is 2. The van der Waals surface area contributed by atoms with Crippen molar-refractivity contribution in [1.82, 2.24) is 20.8 Å². The van der Waals surface area contributed by atoms with E-state index in [1.165, 1.54) is 5.56 Å². The van der Waals surface area contributed by atoms with Crippen LogP contribution in [0.4, 0.5) is 0 Å². The van der Waals surface area contributed by atoms with Crippen LogP contribution in [0, 0.1) is 20.8 Å². The van der Waals surface area contributed by atoms with E-state index in [-0.39, 0.29) is 11.8 Å². The first kappa shape index (κ1) is 22.5. The molecule has 2 aromatic carbocycles. The fourth-order valence-corrected chi connectivity index (χ4v) is 3.84. The Morgan fingerprint density at radius 2 is 1.45 bits per heavy atom. The zero-order valence-corrected chi connectivity index (χ0v) is 18.8. The van der Waals surface area contributed by atoms with E-state index in [0.717, 1.165) is 27.7 Å². The van der Waals surface area contributed by atoms with Gasteiger partial charge in [-0.3, -0.25) is 20.4 Å². The number of amides is 2. The summed E-state index contributed by atoms with van der Waals surface area (Å²) >= 11 is 1.55. The van der Waals surface area contributed by atoms with Crippen molar-refractivity contribution in [2.45, 2.75) is 44.5 Å². The average molecular weight is 435 g/mol. The Morgan fingerprint density at radius 3 is 2.10 bits per heavy atom. The van der Waals surface area contributed by atoms with Gasteiger partial charge in [0.1, 0.15) is 0 Å². The van der Waals surface area contributed by atoms with Gasteiger partial charge < -0.3 is 0 Å². The van der Waals surface area contributed by atoms with Gasteiger partial charge in [-0.15, -0.1) is 0 Å². The molecule has 3 rings (SSSR count). The van der Waals surface area contributed by atoms with Crippen LogP contribution in [0.5, 0.6) is 0 Å². The maximum absolute atomic E-state index is 12.3. The number of aromatic nitrogens is 2. The Bertz CT molecular complexity index is 1030. The van der Waals surface area contributed by atoms with Crippen molar-refractivity contribution < 1.29 is 9.59 Å². The summed E-state index contributed by atoms with van der Waals surface area (Å²) < 4.78 is 0. The number of benzene rings is 2. The monoisotopic (exact) mass is 434 g/mol. The molecule has 160 valence electrons. The van der Waals surface area contributed by atoms with Crippen LogP contribution < -0.4 is 10.9 Å². The Kier molecular flexibility index (Phi) is 7.78. The van der Waals surface area contributed by atoms with E-state index < -0.39 is 0 Å². The molecule has 1 aromatic heterocycles. The van der Waals surface area contributed by atoms with E-state index in [1.807, 2.05) is 63.2 Å². The third kappa shape index (κ3) is 7.22. The van der Waals surface area contributed by atoms with Crippen molar-refractivity contribution >= 4 is 23.6 Å². The van der Waals surface area contributed by atoms with Crippen LogP contribution in [0.3, 0.4) is 0 Å². The zero-order chi connectivity index (χ0) is 22.2. The third-order valence-corrected chi connectivity index (χ3v) is 5.54. The van der Waals surface area contributed by atoms with Crippen LogP contribution in [0.25, 0.3) is 0 Å². The van der Waals surface area contributed by atoms with E-state index in [9.17, 15) is 9.59 Å². The molecule has 7 heteroatoms. The van der Waals surface area contributed by atoms with Crippen LogP contribution >= 0.6 is 11.8 Å². The maximum Gasteiger partial charge on any atom is 0.269 e. The van der Waals surface area contributed by atoms with Gasteiger partial charge in [0.15, 0.2) is 5.16 Å². The second-order valence-corrected chi connectivity index (χ2v) is 8.35. The summed E-state index contributed by atoms with van der Waals surface area (Å²) in [7, 11) is 0. The van der Waals surface area contributed by atoms with Gasteiger partial charge in [0.2, 0.25) is 5.91 Å². The first-order valence-electron chi connectivity index (χ1n) is 10.1. The lowest BCUT2D eigenvalue weighted by molar-refractivity contribution is -0.121. The van der Waals surface area contributed by atoms with Crippen molar-refractivity contribution in [2.75, 3.05) is 0 Å². The Hall–Kier alpha value is -3.19. The molecule has 0 fully saturated rings. The van der Waals surface area contributed by atoms with E-state index in [2.05, 4.69) is 20.8 Å². The molecule has 6 nitrogen and oxygen atoms in total. The minimum absolute atomic E-state index is 0.226. The topological polar surface area (TPSA) is 84.0 Å². The molecule has 0 bridgehead atoms. The van der Waals surface area contributed by atoms with Crippen molar-refractivity contribution in [3.8, 4) is 0 Å². The summed E-state index contributed by atoms with van der Waals surface area (Å²) in [5.41, 5.74) is 10.7. The third-order valence-electron chi connectivity index (χ3n) is 4.62. The highest BCUT2D eigenvalue weighted by Crippen LogP contribution is 2.20. The maximum atomic E-state index is 12.3. The number of nitrogens with one attached hydrogen (secondary N) is 2. The number of hydrogen-bond acceptors (Lipinski definition) is 5. The standard InChI is InChI=1S/C24H26N4O2S/c1-16-4-6-19(7-5-16)10-13-22(29)27-28-23(30)21-11-8-20(9-12-21)15-31-24-25-17(2)14-18(3)26-24/h4-9,11-12,14H,10,13,15H2,1-3H3,(H,27,29)(H,28,30). The number of thioether (sulfide) groups is 1. The molecule has 0 atom stereocenters. The molecular weight excluding hydrogens is 408 g/mol. The molecule has 31 heavy (non-hydrogen) atoms. The Balaban J connectivity index is 1.44. The highest BCUT2D eigenvalue weighted by atomic mass is 32.2. The fourth-order valence-electron chi connectivity index (χ4n) is 2.93. The first-order valence-corrected chi connectivity index (χ1v) is 11.1. The molecule has 0 aliphatic carbocycles. The highest BCUT2D eigenvalue weighted by Gasteiger charge is 2.08. The number of carbonyl (C=O) groups is 2. The summed E-state index contributed by atoms with van der Waals surface area (Å²) in [6.07, 6.45) is 0.929. The minimum atomic E-state index is -0.347. The van der Waals surface area contributed by atoms with Gasteiger partial charge in [-0.1, -0.05) is 53.7 Å². The molecule has 0 unspecified atom stereocenters. The molecular formula is C24H26N4O2S. The lowest BCUT2D eigenvalue weighted by Gasteiger charge is -2.08. The zero-order valence-electron chi connectivity index (χ0n) is 17.9. The minimum Gasteiger partial charge on any atom is -0.273 e. The van der Waals surface area contributed by atoms with Crippen LogP contribution in [-0.4, -0.2) is 21.8 Å². The molecule has 0 spiro atoms. The molecule has 2 amide bonds. The van der Waals surface area contributed by atoms with Crippen LogP contribution in [0.2, 0.25) is 0 Å². The average Bonchev–Trinajstić information content (AvgIpc) is 2.75. The van der Waals surface area contributed by atoms with Crippen LogP contribution in [0.1, 0.15) is 44.9 Å². The summed E-state index contributed by atoms with van der Waals surface area (Å²) in [6.45, 7) is 5.93. The van der Waals surface area contributed by atoms with E-state index in [1.54, 1.807) is 23.9 Å². The van der Waals surface area contributed by atoms with Crippen molar-refractivity contribution in [1.29, 1.82) is 0 Å². The number of carbonyl (C=O) groups excluding carboxylic acids is 2. The first-order chi connectivity index (χ1) is 14.9. The molecule has 0 saturated heterocycles. The second kappa shape index (κ2) is 10.7. The van der Waals surface area contributed by atoms with E-state index >= 15 is 0 Å². The number of aryl methyl sites for hydroxylation is 4. The van der Waals surface area contributed by atoms with Gasteiger partial charge in [-0.25, -0.2) is 9.97 Å². The summed E-state index contributed by atoms with van der Waals surface area (Å²) in [4.78, 5) is 33.1. The summed E-state index contributed by atoms with van der Waals surface area (Å²) in [5.74, 6) is 0.136. The summed E-state index contributed by atoms with van der Waals surface area (Å²) in [5, 5.41) is 0.743. The lowest BCUT2D eigenvalue weighted by atomic mass is 10.1. The van der Waals surface area contributed by atoms with E-state index in [0.29, 0.717) is 24.2 Å². The van der Waals surface area contributed by atoms with Gasteiger partial charge in [-0.05, 0) is 56.5 Å². The van der Waals surface area contributed by atoms with Gasteiger partial charge in [0.25, 0.3) is 5.91 Å². The molecule has 0 aliphatic heterocycles. The molecule has 3 aromatic rings. The molecule has 0 aliphatic rings. The number of hydrazine groups is 1. The Morgan fingerprint density at radius 1 is 0.839 bits per heavy atom. The smallest absolute Gasteiger partial charge is 0.269 e. The highest BCUT2D eigenvalue weighted by molar-refractivity contribution is 7.98. The van der Waals surface area contributed by atoms with Crippen LogP contribution in [0.15, 0.2) is 59.8 Å². The molecule has 2 N–H and O–H groups in total. The number of nitrogens with zero attached hydrogens (tertiary/aromatic N) is 2.